The Morgan fingerprint density at radius 2 is 1.32 bits per heavy atom. The van der Waals surface area contributed by atoms with E-state index in [1.165, 1.54) is 0 Å². The van der Waals surface area contributed by atoms with Crippen LogP contribution in [0.15, 0.2) is 53.3 Å². The fourth-order valence-electron chi connectivity index (χ4n) is 2.28. The molecule has 2 rings (SSSR count). The largest absolute Gasteiger partial charge is 0.289 e. The zero-order valence-electron chi connectivity index (χ0n) is 12.0. The molecule has 1 heteroatoms. The van der Waals surface area contributed by atoms with E-state index < -0.39 is 0 Å². The highest BCUT2D eigenvalue weighted by atomic mass is 16.1. The zero-order chi connectivity index (χ0) is 14.0. The molecule has 2 aromatic rings. The quantitative estimate of drug-likeness (QED) is 0.738. The molecule has 0 amide bonds. The summed E-state index contributed by atoms with van der Waals surface area (Å²) in [5.74, 6) is 0. The third-order valence-electron chi connectivity index (χ3n) is 3.37. The fraction of sp³-hybridized carbons (Fsp3) is 0.278. The number of aryl methyl sites for hydroxylation is 1. The summed E-state index contributed by atoms with van der Waals surface area (Å²) in [6, 6.07) is 15.8. The van der Waals surface area contributed by atoms with Crippen molar-refractivity contribution in [2.45, 2.75) is 33.1 Å². The highest BCUT2D eigenvalue weighted by Crippen LogP contribution is 2.23. The lowest BCUT2D eigenvalue weighted by molar-refractivity contribution is 0.586. The molecule has 0 aromatic heterocycles. The molecular weight excluding hydrogens is 232 g/mol. The Labute approximate surface area is 114 Å². The first-order valence-electron chi connectivity index (χ1n) is 6.61. The molecular formula is C18H20O. The first-order chi connectivity index (χ1) is 8.91. The van der Waals surface area contributed by atoms with Gasteiger partial charge in [0, 0.05) is 11.1 Å². The number of hydrogen-bond donors (Lipinski definition) is 0. The maximum Gasteiger partial charge on any atom is 0.190 e. The van der Waals surface area contributed by atoms with Crippen molar-refractivity contribution in [1.82, 2.24) is 0 Å². The highest BCUT2D eigenvalue weighted by molar-refractivity contribution is 5.67. The summed E-state index contributed by atoms with van der Waals surface area (Å²) >= 11 is 0. The van der Waals surface area contributed by atoms with E-state index in [9.17, 15) is 4.79 Å². The van der Waals surface area contributed by atoms with E-state index in [4.69, 9.17) is 0 Å². The third-order valence-corrected chi connectivity index (χ3v) is 3.37. The van der Waals surface area contributed by atoms with E-state index in [-0.39, 0.29) is 10.8 Å². The van der Waals surface area contributed by atoms with Gasteiger partial charge in [-0.15, -0.1) is 0 Å². The average molecular weight is 252 g/mol. The van der Waals surface area contributed by atoms with Gasteiger partial charge in [-0.25, -0.2) is 0 Å². The van der Waals surface area contributed by atoms with Crippen LogP contribution in [-0.4, -0.2) is 0 Å². The predicted octanol–water partition coefficient (Wildman–Crippen LogP) is 4.32. The van der Waals surface area contributed by atoms with E-state index in [0.717, 1.165) is 22.3 Å². The molecule has 19 heavy (non-hydrogen) atoms. The van der Waals surface area contributed by atoms with Gasteiger partial charge in [0.2, 0.25) is 0 Å². The van der Waals surface area contributed by atoms with Crippen molar-refractivity contribution in [2.75, 3.05) is 0 Å². The summed E-state index contributed by atoms with van der Waals surface area (Å²) in [4.78, 5) is 12.8. The van der Waals surface area contributed by atoms with Gasteiger partial charge >= 0.3 is 0 Å². The molecule has 0 aliphatic heterocycles. The minimum atomic E-state index is -0.145. The molecule has 1 nitrogen and oxygen atoms in total. The molecule has 0 saturated carbocycles. The monoisotopic (exact) mass is 252 g/mol. The smallest absolute Gasteiger partial charge is 0.190 e. The molecule has 98 valence electrons. The van der Waals surface area contributed by atoms with Crippen LogP contribution in [0.1, 0.15) is 31.9 Å². The van der Waals surface area contributed by atoms with E-state index >= 15 is 0 Å². The Morgan fingerprint density at radius 1 is 0.789 bits per heavy atom. The van der Waals surface area contributed by atoms with Gasteiger partial charge in [0.1, 0.15) is 0 Å². The lowest BCUT2D eigenvalue weighted by Crippen LogP contribution is -2.22. The van der Waals surface area contributed by atoms with Crippen LogP contribution in [0.5, 0.6) is 0 Å². The van der Waals surface area contributed by atoms with Gasteiger partial charge < -0.3 is 0 Å². The van der Waals surface area contributed by atoms with Crippen molar-refractivity contribution >= 4 is 0 Å². The number of hydrogen-bond acceptors (Lipinski definition) is 1. The van der Waals surface area contributed by atoms with Gasteiger partial charge in [-0.2, -0.15) is 0 Å². The van der Waals surface area contributed by atoms with E-state index in [1.807, 2.05) is 55.5 Å². The fourth-order valence-corrected chi connectivity index (χ4v) is 2.28. The highest BCUT2D eigenvalue weighted by Gasteiger charge is 2.18. The van der Waals surface area contributed by atoms with E-state index in [1.54, 1.807) is 0 Å². The zero-order valence-corrected chi connectivity index (χ0v) is 12.0. The molecule has 0 radical (unpaired) electrons. The standard InChI is InChI=1S/C18H20O/c1-13-9-5-6-10-14(13)15-11-7-8-12-16(17(15)19)18(2,3)4/h5-12H,1-4H3. The van der Waals surface area contributed by atoms with Gasteiger partial charge in [-0.3, -0.25) is 4.79 Å². The van der Waals surface area contributed by atoms with Crippen LogP contribution in [0.2, 0.25) is 0 Å². The van der Waals surface area contributed by atoms with Crippen LogP contribution in [0, 0.1) is 6.92 Å². The van der Waals surface area contributed by atoms with Crippen LogP contribution in [0.3, 0.4) is 0 Å². The second-order valence-corrected chi connectivity index (χ2v) is 5.94. The molecule has 0 spiro atoms. The molecule has 0 saturated heterocycles. The first kappa shape index (κ1) is 13.5. The maximum absolute atomic E-state index is 12.8. The van der Waals surface area contributed by atoms with Crippen LogP contribution >= 0.6 is 0 Å². The average Bonchev–Trinajstić information content (AvgIpc) is 2.51. The Balaban J connectivity index is 2.78. The second kappa shape index (κ2) is 5.00. The lowest BCUT2D eigenvalue weighted by Gasteiger charge is -2.17. The Bertz CT molecular complexity index is 648. The van der Waals surface area contributed by atoms with Crippen LogP contribution < -0.4 is 5.43 Å². The van der Waals surface area contributed by atoms with Gasteiger partial charge in [-0.05, 0) is 23.5 Å². The van der Waals surface area contributed by atoms with Crippen molar-refractivity contribution in [3.05, 3.63) is 69.9 Å². The van der Waals surface area contributed by atoms with Crippen molar-refractivity contribution < 1.29 is 0 Å². The molecule has 0 unspecified atom stereocenters. The molecule has 0 aliphatic rings. The van der Waals surface area contributed by atoms with Gasteiger partial charge in [0.25, 0.3) is 0 Å². The summed E-state index contributed by atoms with van der Waals surface area (Å²) in [6.07, 6.45) is 0. The maximum atomic E-state index is 12.8. The normalized spacial score (nSPS) is 11.4. The number of rotatable bonds is 1. The van der Waals surface area contributed by atoms with Crippen LogP contribution in [0.4, 0.5) is 0 Å². The SMILES string of the molecule is Cc1ccccc1-c1ccccc(C(C)(C)C)c1=O. The summed E-state index contributed by atoms with van der Waals surface area (Å²) in [6.45, 7) is 8.26. The molecule has 0 atom stereocenters. The van der Waals surface area contributed by atoms with E-state index in [2.05, 4.69) is 20.8 Å². The topological polar surface area (TPSA) is 17.1 Å². The molecule has 0 fully saturated rings. The molecule has 2 aromatic carbocycles. The van der Waals surface area contributed by atoms with Crippen molar-refractivity contribution in [2.24, 2.45) is 0 Å². The van der Waals surface area contributed by atoms with Crippen molar-refractivity contribution in [1.29, 1.82) is 0 Å². The minimum Gasteiger partial charge on any atom is -0.289 e. The summed E-state index contributed by atoms with van der Waals surface area (Å²) in [5.41, 5.74) is 3.78. The second-order valence-electron chi connectivity index (χ2n) is 5.94. The molecule has 0 heterocycles. The summed E-state index contributed by atoms with van der Waals surface area (Å²) < 4.78 is 0. The molecule has 0 bridgehead atoms. The Morgan fingerprint density at radius 3 is 1.89 bits per heavy atom. The summed E-state index contributed by atoms with van der Waals surface area (Å²) in [7, 11) is 0. The predicted molar refractivity (Wildman–Crippen MR) is 81.6 cm³/mol. The van der Waals surface area contributed by atoms with E-state index in [0.29, 0.717) is 0 Å². The Hall–Kier alpha value is -1.89. The number of benzene rings is 1. The minimum absolute atomic E-state index is 0.131. The lowest BCUT2D eigenvalue weighted by atomic mass is 9.86. The van der Waals surface area contributed by atoms with Crippen LogP contribution in [-0.2, 0) is 5.41 Å². The molecule has 0 N–H and O–H groups in total. The molecule has 0 aliphatic carbocycles. The van der Waals surface area contributed by atoms with Gasteiger partial charge in [-0.1, -0.05) is 69.3 Å². The summed E-state index contributed by atoms with van der Waals surface area (Å²) in [5, 5.41) is 0. The van der Waals surface area contributed by atoms with Crippen molar-refractivity contribution in [3.8, 4) is 11.1 Å². The van der Waals surface area contributed by atoms with Gasteiger partial charge in [0.05, 0.1) is 0 Å². The first-order valence-corrected chi connectivity index (χ1v) is 6.61. The Kier molecular flexibility index (Phi) is 3.57. The van der Waals surface area contributed by atoms with Gasteiger partial charge in [0.15, 0.2) is 5.43 Å². The third kappa shape index (κ3) is 2.76. The van der Waals surface area contributed by atoms with Crippen LogP contribution in [0.25, 0.3) is 11.1 Å². The van der Waals surface area contributed by atoms with Crippen molar-refractivity contribution in [3.63, 3.8) is 0 Å².